The smallest absolute Gasteiger partial charge is 0.342 e. The summed E-state index contributed by atoms with van der Waals surface area (Å²) < 4.78 is 1.20. The molecule has 7 nitrogen and oxygen atoms in total. The number of nitro groups is 1. The molecule has 0 saturated heterocycles. The Hall–Kier alpha value is -2.41. The molecule has 1 aromatic carbocycles. The van der Waals surface area contributed by atoms with E-state index in [0.29, 0.717) is 0 Å². The minimum Gasteiger partial charge on any atom is -0.508 e. The summed E-state index contributed by atoms with van der Waals surface area (Å²) in [5, 5.41) is 31.3. The molecule has 2 aromatic rings. The van der Waals surface area contributed by atoms with Gasteiger partial charge in [0.1, 0.15) is 11.9 Å². The number of imidazole rings is 1. The number of rotatable bonds is 3. The molecule has 0 unspecified atom stereocenters. The van der Waals surface area contributed by atoms with Gasteiger partial charge in [0.15, 0.2) is 6.10 Å². The van der Waals surface area contributed by atoms with E-state index < -0.39 is 11.0 Å². The van der Waals surface area contributed by atoms with Gasteiger partial charge in [0.05, 0.1) is 7.05 Å². The van der Waals surface area contributed by atoms with Gasteiger partial charge in [0.25, 0.3) is 0 Å². The molecule has 0 amide bonds. The van der Waals surface area contributed by atoms with Crippen molar-refractivity contribution < 1.29 is 15.1 Å². The zero-order chi connectivity index (χ0) is 16.7. The van der Waals surface area contributed by atoms with Crippen LogP contribution in [0.4, 0.5) is 5.82 Å². The number of phenolic OH excluding ortho intramolecular Hbond substituents is 1. The first-order chi connectivity index (χ1) is 10.1. The van der Waals surface area contributed by atoms with Crippen molar-refractivity contribution >= 4 is 5.82 Å². The third-order valence-corrected chi connectivity index (χ3v) is 3.62. The number of phenols is 1. The van der Waals surface area contributed by atoms with Gasteiger partial charge in [-0.25, -0.2) is 9.55 Å². The Morgan fingerprint density at radius 1 is 1.36 bits per heavy atom. The number of benzene rings is 1. The number of nitrogens with zero attached hydrogens (tertiary/aromatic N) is 3. The van der Waals surface area contributed by atoms with E-state index in [1.54, 1.807) is 12.1 Å². The molecule has 1 aromatic heterocycles. The van der Waals surface area contributed by atoms with Gasteiger partial charge in [0, 0.05) is 5.56 Å². The molecular formula is C15H19N3O4. The summed E-state index contributed by atoms with van der Waals surface area (Å²) >= 11 is 0. The molecule has 1 atom stereocenters. The third kappa shape index (κ3) is 2.80. The lowest BCUT2D eigenvalue weighted by Crippen LogP contribution is -2.13. The molecule has 7 heteroatoms. The van der Waals surface area contributed by atoms with Gasteiger partial charge in [-0.2, -0.15) is 0 Å². The Labute approximate surface area is 128 Å². The predicted molar refractivity (Wildman–Crippen MR) is 80.7 cm³/mol. The summed E-state index contributed by atoms with van der Waals surface area (Å²) in [5.41, 5.74) is 1.05. The maximum Gasteiger partial charge on any atom is 0.342 e. The highest BCUT2D eigenvalue weighted by atomic mass is 16.6. The standard InChI is InChI=1S/C15H19N3O4/c1-15(2,3)9-5-6-11(19)10(7-9)13(20)14-16-8-12(17(14)4)18(21)22/h5-8,13,19-20H,1-4H3/t13-/m1/s1. The van der Waals surface area contributed by atoms with Crippen LogP contribution < -0.4 is 0 Å². The van der Waals surface area contributed by atoms with Gasteiger partial charge in [-0.1, -0.05) is 26.8 Å². The zero-order valence-corrected chi connectivity index (χ0v) is 12.9. The van der Waals surface area contributed by atoms with Crippen molar-refractivity contribution in [2.24, 2.45) is 7.05 Å². The summed E-state index contributed by atoms with van der Waals surface area (Å²) in [4.78, 5) is 14.2. The van der Waals surface area contributed by atoms with E-state index in [-0.39, 0.29) is 28.4 Å². The fraction of sp³-hybridized carbons (Fsp3) is 0.400. The molecule has 0 bridgehead atoms. The predicted octanol–water partition coefficient (Wildman–Crippen LogP) is 2.41. The Balaban J connectivity index is 2.50. The minimum atomic E-state index is -1.25. The number of aromatic nitrogens is 2. The largest absolute Gasteiger partial charge is 0.508 e. The van der Waals surface area contributed by atoms with Gasteiger partial charge in [-0.3, -0.25) is 0 Å². The van der Waals surface area contributed by atoms with Crippen molar-refractivity contribution in [1.29, 1.82) is 0 Å². The van der Waals surface area contributed by atoms with Crippen LogP contribution in [0.25, 0.3) is 0 Å². The number of aliphatic hydroxyl groups excluding tert-OH is 1. The first-order valence-corrected chi connectivity index (χ1v) is 6.80. The van der Waals surface area contributed by atoms with Crippen LogP contribution in [0, 0.1) is 10.1 Å². The lowest BCUT2D eigenvalue weighted by Gasteiger charge is -2.21. The van der Waals surface area contributed by atoms with E-state index in [1.165, 1.54) is 17.7 Å². The highest BCUT2D eigenvalue weighted by molar-refractivity contribution is 5.42. The number of hydrogen-bond donors (Lipinski definition) is 2. The second kappa shape index (κ2) is 5.42. The second-order valence-corrected chi connectivity index (χ2v) is 6.22. The average Bonchev–Trinajstić information content (AvgIpc) is 2.79. The molecule has 0 spiro atoms. The maximum atomic E-state index is 10.9. The van der Waals surface area contributed by atoms with Crippen molar-refractivity contribution in [3.05, 3.63) is 51.5 Å². The quantitative estimate of drug-likeness (QED) is 0.669. The van der Waals surface area contributed by atoms with Gasteiger partial charge in [-0.15, -0.1) is 0 Å². The summed E-state index contributed by atoms with van der Waals surface area (Å²) in [6.07, 6.45) is -0.163. The van der Waals surface area contributed by atoms with Crippen molar-refractivity contribution in [1.82, 2.24) is 9.55 Å². The van der Waals surface area contributed by atoms with E-state index >= 15 is 0 Å². The fourth-order valence-corrected chi connectivity index (χ4v) is 2.22. The third-order valence-electron chi connectivity index (χ3n) is 3.62. The van der Waals surface area contributed by atoms with E-state index in [4.69, 9.17) is 0 Å². The topological polar surface area (TPSA) is 101 Å². The van der Waals surface area contributed by atoms with Crippen LogP contribution in [0.15, 0.2) is 24.4 Å². The maximum absolute atomic E-state index is 10.9. The molecule has 0 saturated carbocycles. The molecule has 0 aliphatic carbocycles. The summed E-state index contributed by atoms with van der Waals surface area (Å²) in [5.74, 6) is -0.195. The summed E-state index contributed by atoms with van der Waals surface area (Å²) in [6, 6.07) is 4.99. The summed E-state index contributed by atoms with van der Waals surface area (Å²) in [6.45, 7) is 6.05. The molecule has 22 heavy (non-hydrogen) atoms. The number of aliphatic hydroxyl groups is 1. The number of aromatic hydroxyl groups is 1. The Kier molecular flexibility index (Phi) is 3.93. The molecule has 0 aliphatic rings. The molecular weight excluding hydrogens is 286 g/mol. The van der Waals surface area contributed by atoms with Gasteiger partial charge in [-0.05, 0) is 28.0 Å². The van der Waals surface area contributed by atoms with Crippen LogP contribution in [0.2, 0.25) is 0 Å². The normalized spacial score (nSPS) is 13.1. The molecule has 0 radical (unpaired) electrons. The van der Waals surface area contributed by atoms with Crippen LogP contribution in [0.3, 0.4) is 0 Å². The fourth-order valence-electron chi connectivity index (χ4n) is 2.22. The van der Waals surface area contributed by atoms with E-state index in [2.05, 4.69) is 4.98 Å². The van der Waals surface area contributed by atoms with Crippen LogP contribution in [-0.4, -0.2) is 24.7 Å². The van der Waals surface area contributed by atoms with Gasteiger partial charge < -0.3 is 20.3 Å². The first kappa shape index (κ1) is 16.0. The minimum absolute atomic E-state index is 0.0776. The Bertz CT molecular complexity index is 716. The zero-order valence-electron chi connectivity index (χ0n) is 12.9. The number of hydrogen-bond acceptors (Lipinski definition) is 5. The van der Waals surface area contributed by atoms with Crippen LogP contribution in [0.1, 0.15) is 43.8 Å². The average molecular weight is 305 g/mol. The van der Waals surface area contributed by atoms with Crippen molar-refractivity contribution in [2.45, 2.75) is 32.3 Å². The highest BCUT2D eigenvalue weighted by Gasteiger charge is 2.27. The van der Waals surface area contributed by atoms with E-state index in [0.717, 1.165) is 11.8 Å². The summed E-state index contributed by atoms with van der Waals surface area (Å²) in [7, 11) is 1.45. The van der Waals surface area contributed by atoms with E-state index in [9.17, 15) is 20.3 Å². The molecule has 0 fully saturated rings. The Morgan fingerprint density at radius 2 is 2.00 bits per heavy atom. The van der Waals surface area contributed by atoms with Crippen LogP contribution in [0.5, 0.6) is 5.75 Å². The molecule has 0 aliphatic heterocycles. The lowest BCUT2D eigenvalue weighted by molar-refractivity contribution is -0.391. The molecule has 2 rings (SSSR count). The first-order valence-electron chi connectivity index (χ1n) is 6.80. The highest BCUT2D eigenvalue weighted by Crippen LogP contribution is 2.34. The molecule has 1 heterocycles. The van der Waals surface area contributed by atoms with Crippen molar-refractivity contribution in [2.75, 3.05) is 0 Å². The van der Waals surface area contributed by atoms with Crippen molar-refractivity contribution in [3.63, 3.8) is 0 Å². The van der Waals surface area contributed by atoms with Crippen LogP contribution in [-0.2, 0) is 12.5 Å². The van der Waals surface area contributed by atoms with Crippen LogP contribution >= 0.6 is 0 Å². The van der Waals surface area contributed by atoms with Gasteiger partial charge in [0.2, 0.25) is 5.82 Å². The van der Waals surface area contributed by atoms with Crippen molar-refractivity contribution in [3.8, 4) is 5.75 Å². The molecule has 2 N–H and O–H groups in total. The Morgan fingerprint density at radius 3 is 2.50 bits per heavy atom. The monoisotopic (exact) mass is 305 g/mol. The van der Waals surface area contributed by atoms with Gasteiger partial charge >= 0.3 is 5.82 Å². The lowest BCUT2D eigenvalue weighted by atomic mass is 9.85. The SMILES string of the molecule is Cn1c([N+](=O)[O-])cnc1[C@H](O)c1cc(C(C)(C)C)ccc1O. The van der Waals surface area contributed by atoms with E-state index in [1.807, 2.05) is 20.8 Å². The second-order valence-electron chi connectivity index (χ2n) is 6.22. The molecule has 118 valence electrons.